The molecule has 2 aromatic heterocycles. The van der Waals surface area contributed by atoms with Gasteiger partial charge in [-0.3, -0.25) is 0 Å². The fourth-order valence-electron chi connectivity index (χ4n) is 3.32. The summed E-state index contributed by atoms with van der Waals surface area (Å²) in [6.45, 7) is 4.09. The van der Waals surface area contributed by atoms with Gasteiger partial charge in [-0.05, 0) is 65.3 Å². The second-order valence-electron chi connectivity index (χ2n) is 6.21. The van der Waals surface area contributed by atoms with E-state index in [1.807, 2.05) is 40.3 Å². The Morgan fingerprint density at radius 1 is 1.28 bits per heavy atom. The van der Waals surface area contributed by atoms with Crippen LogP contribution < -0.4 is 9.64 Å². The van der Waals surface area contributed by atoms with E-state index in [1.54, 1.807) is 11.8 Å². The summed E-state index contributed by atoms with van der Waals surface area (Å²) in [5.74, 6) is 0.806. The van der Waals surface area contributed by atoms with Crippen LogP contribution >= 0.6 is 23.6 Å². The van der Waals surface area contributed by atoms with Crippen LogP contribution in [0, 0.1) is 4.77 Å². The van der Waals surface area contributed by atoms with Crippen molar-refractivity contribution in [2.45, 2.75) is 26.1 Å². The van der Waals surface area contributed by atoms with Crippen molar-refractivity contribution in [3.8, 4) is 11.4 Å². The van der Waals surface area contributed by atoms with Gasteiger partial charge in [0.2, 0.25) is 4.77 Å². The Labute approximate surface area is 155 Å². The highest BCUT2D eigenvalue weighted by Gasteiger charge is 2.28. The van der Waals surface area contributed by atoms with Gasteiger partial charge in [0, 0.05) is 16.9 Å². The molecule has 8 heteroatoms. The van der Waals surface area contributed by atoms with Crippen molar-refractivity contribution >= 4 is 23.6 Å². The van der Waals surface area contributed by atoms with Crippen molar-refractivity contribution in [2.75, 3.05) is 13.7 Å². The number of hydrogen-bond donors (Lipinski definition) is 1. The van der Waals surface area contributed by atoms with Gasteiger partial charge >= 0.3 is 0 Å². The number of tetrazole rings is 1. The molecule has 1 aliphatic heterocycles. The summed E-state index contributed by atoms with van der Waals surface area (Å²) in [5.41, 5.74) is 2.35. The Balaban J connectivity index is 1.56. The average Bonchev–Trinajstić information content (AvgIpc) is 3.25. The summed E-state index contributed by atoms with van der Waals surface area (Å²) in [6, 6.07) is 10.3. The molecule has 130 valence electrons. The van der Waals surface area contributed by atoms with Gasteiger partial charge in [-0.25, -0.2) is 0 Å². The highest BCUT2D eigenvalue weighted by Crippen LogP contribution is 2.24. The summed E-state index contributed by atoms with van der Waals surface area (Å²) >= 11 is 7.46. The van der Waals surface area contributed by atoms with Gasteiger partial charge in [0.05, 0.1) is 19.3 Å². The molecular formula is C17H20N5OS2+. The minimum absolute atomic E-state index is 0.447. The topological polar surface area (TPSA) is 49.3 Å². The van der Waals surface area contributed by atoms with Crippen molar-refractivity contribution in [3.05, 3.63) is 50.9 Å². The third-order valence-corrected chi connectivity index (χ3v) is 6.22. The van der Waals surface area contributed by atoms with E-state index in [2.05, 4.69) is 28.8 Å². The molecule has 0 saturated carbocycles. The first-order valence-electron chi connectivity index (χ1n) is 8.25. The van der Waals surface area contributed by atoms with E-state index in [0.717, 1.165) is 31.1 Å². The van der Waals surface area contributed by atoms with Crippen LogP contribution in [0.15, 0.2) is 35.7 Å². The Morgan fingerprint density at radius 2 is 2.08 bits per heavy atom. The number of nitrogens with zero attached hydrogens (tertiary/aromatic N) is 4. The van der Waals surface area contributed by atoms with Gasteiger partial charge in [0.1, 0.15) is 11.8 Å². The molecule has 1 unspecified atom stereocenters. The van der Waals surface area contributed by atoms with Crippen LogP contribution in [-0.4, -0.2) is 33.4 Å². The van der Waals surface area contributed by atoms with Crippen LogP contribution in [0.3, 0.4) is 0 Å². The van der Waals surface area contributed by atoms with Gasteiger partial charge in [0.15, 0.2) is 6.67 Å². The predicted octanol–water partition coefficient (Wildman–Crippen LogP) is 2.03. The fraction of sp³-hybridized carbons (Fsp3) is 0.353. The largest absolute Gasteiger partial charge is 0.497 e. The molecule has 0 saturated heterocycles. The summed E-state index contributed by atoms with van der Waals surface area (Å²) in [6.07, 6.45) is 1.12. The van der Waals surface area contributed by atoms with Crippen LogP contribution in [-0.2, 0) is 13.1 Å². The van der Waals surface area contributed by atoms with E-state index < -0.39 is 0 Å². The number of aromatic nitrogens is 4. The monoisotopic (exact) mass is 374 g/mol. The number of fused-ring (bicyclic) bond motifs is 1. The third kappa shape index (κ3) is 3.01. The zero-order valence-corrected chi connectivity index (χ0v) is 15.8. The Morgan fingerprint density at radius 3 is 2.84 bits per heavy atom. The number of ether oxygens (including phenoxy) is 1. The van der Waals surface area contributed by atoms with Crippen molar-refractivity contribution in [1.82, 2.24) is 19.8 Å². The van der Waals surface area contributed by atoms with E-state index in [0.29, 0.717) is 10.8 Å². The molecule has 3 aromatic rings. The number of methoxy groups -OCH3 is 1. The van der Waals surface area contributed by atoms with Gasteiger partial charge in [-0.2, -0.15) is 9.36 Å². The smallest absolute Gasteiger partial charge is 0.225 e. The van der Waals surface area contributed by atoms with Crippen molar-refractivity contribution in [2.24, 2.45) is 0 Å². The molecule has 0 bridgehead atoms. The quantitative estimate of drug-likeness (QED) is 0.710. The molecule has 1 N–H and O–H groups in total. The summed E-state index contributed by atoms with van der Waals surface area (Å²) < 4.78 is 9.32. The standard InChI is InChI=1S/C17H19N5OS2/c1-12-15-8-10-25-16(15)7-9-20(12)11-21-17(24)22(19-18-21)13-3-5-14(23-2)6-4-13/h3-6,8,10,12H,7,9,11H2,1-2H3/p+1/t12-/m1/s1. The Bertz CT molecular complexity index is 927. The lowest BCUT2D eigenvalue weighted by atomic mass is 10.0. The molecule has 1 aliphatic rings. The maximum absolute atomic E-state index is 5.60. The SMILES string of the molecule is COc1ccc(-n2nnn(C[NH+]3CCc4sccc4[C@H]3C)c2=S)cc1. The summed E-state index contributed by atoms with van der Waals surface area (Å²) in [5, 5.41) is 10.7. The minimum Gasteiger partial charge on any atom is -0.497 e. The van der Waals surface area contributed by atoms with E-state index in [4.69, 9.17) is 17.0 Å². The molecule has 2 atom stereocenters. The molecule has 25 heavy (non-hydrogen) atoms. The maximum Gasteiger partial charge on any atom is 0.225 e. The number of rotatable bonds is 4. The molecule has 0 spiro atoms. The van der Waals surface area contributed by atoms with E-state index in [9.17, 15) is 0 Å². The van der Waals surface area contributed by atoms with Crippen LogP contribution in [0.25, 0.3) is 5.69 Å². The summed E-state index contributed by atoms with van der Waals surface area (Å²) in [4.78, 5) is 2.98. The lowest BCUT2D eigenvalue weighted by molar-refractivity contribution is -0.954. The first-order valence-corrected chi connectivity index (χ1v) is 9.54. The molecule has 1 aromatic carbocycles. The van der Waals surface area contributed by atoms with Crippen LogP contribution in [0.5, 0.6) is 5.75 Å². The Kier molecular flexibility index (Phi) is 4.41. The number of benzene rings is 1. The van der Waals surface area contributed by atoms with E-state index in [-0.39, 0.29) is 0 Å². The van der Waals surface area contributed by atoms with Crippen LogP contribution in [0.1, 0.15) is 23.4 Å². The third-order valence-electron chi connectivity index (χ3n) is 4.84. The van der Waals surface area contributed by atoms with Gasteiger partial charge < -0.3 is 9.64 Å². The molecular weight excluding hydrogens is 354 g/mol. The number of hydrogen-bond acceptors (Lipinski definition) is 5. The first kappa shape index (κ1) is 16.4. The van der Waals surface area contributed by atoms with Crippen molar-refractivity contribution in [1.29, 1.82) is 0 Å². The molecule has 0 amide bonds. The van der Waals surface area contributed by atoms with Crippen molar-refractivity contribution < 1.29 is 9.64 Å². The van der Waals surface area contributed by atoms with Crippen molar-refractivity contribution in [3.63, 3.8) is 0 Å². The molecule has 4 rings (SSSR count). The van der Waals surface area contributed by atoms with E-state index >= 15 is 0 Å². The Hall–Kier alpha value is -2.03. The molecule has 0 radical (unpaired) electrons. The van der Waals surface area contributed by atoms with Gasteiger partial charge in [-0.15, -0.1) is 11.3 Å². The average molecular weight is 375 g/mol. The van der Waals surface area contributed by atoms with Crippen LogP contribution in [0.2, 0.25) is 0 Å². The molecule has 0 fully saturated rings. The van der Waals surface area contributed by atoms with Crippen LogP contribution in [0.4, 0.5) is 0 Å². The number of thiophene rings is 1. The normalized spacial score (nSPS) is 19.6. The second kappa shape index (κ2) is 6.70. The minimum atomic E-state index is 0.447. The molecule has 6 nitrogen and oxygen atoms in total. The molecule has 0 aliphatic carbocycles. The number of nitrogens with one attached hydrogen (secondary N) is 1. The highest BCUT2D eigenvalue weighted by molar-refractivity contribution is 7.71. The van der Waals surface area contributed by atoms with Gasteiger partial charge in [-0.1, -0.05) is 0 Å². The first-order chi connectivity index (χ1) is 12.2. The fourth-order valence-corrected chi connectivity index (χ4v) is 4.54. The summed E-state index contributed by atoms with van der Waals surface area (Å²) in [7, 11) is 1.65. The second-order valence-corrected chi connectivity index (χ2v) is 7.57. The maximum atomic E-state index is 5.60. The lowest BCUT2D eigenvalue weighted by Crippen LogP contribution is -3.12. The number of quaternary nitrogens is 1. The van der Waals surface area contributed by atoms with Gasteiger partial charge in [0.25, 0.3) is 0 Å². The zero-order valence-electron chi connectivity index (χ0n) is 14.2. The van der Waals surface area contributed by atoms with E-state index in [1.165, 1.54) is 15.3 Å². The highest BCUT2D eigenvalue weighted by atomic mass is 32.1. The lowest BCUT2D eigenvalue weighted by Gasteiger charge is -2.29. The zero-order chi connectivity index (χ0) is 17.4. The predicted molar refractivity (Wildman–Crippen MR) is 99.0 cm³/mol. The molecule has 3 heterocycles.